The topological polar surface area (TPSA) is 62.3 Å². The van der Waals surface area contributed by atoms with Crippen molar-refractivity contribution < 1.29 is 9.47 Å². The number of nitrogen functional groups attached to an aromatic ring is 1. The van der Waals surface area contributed by atoms with E-state index in [-0.39, 0.29) is 0 Å². The molecule has 1 saturated heterocycles. The summed E-state index contributed by atoms with van der Waals surface area (Å²) in [5.74, 6) is 0.488. The first-order valence-corrected chi connectivity index (χ1v) is 3.77. The maximum Gasteiger partial charge on any atom is 0.256 e. The summed E-state index contributed by atoms with van der Waals surface area (Å²) in [4.78, 5) is 0. The van der Waals surface area contributed by atoms with Crippen molar-refractivity contribution in [1.82, 2.24) is 9.78 Å². The molecule has 2 rings (SSSR count). The molecule has 0 amide bonds. The van der Waals surface area contributed by atoms with Crippen molar-refractivity contribution in [1.29, 1.82) is 0 Å². The lowest BCUT2D eigenvalue weighted by Crippen LogP contribution is -2.30. The summed E-state index contributed by atoms with van der Waals surface area (Å²) in [7, 11) is 1.56. The van der Waals surface area contributed by atoms with Crippen molar-refractivity contribution in [2.75, 3.05) is 26.1 Å². The third kappa shape index (κ3) is 1.02. The third-order valence-electron chi connectivity index (χ3n) is 1.91. The number of hydrogen-bond acceptors (Lipinski definition) is 4. The zero-order valence-corrected chi connectivity index (χ0v) is 6.86. The fourth-order valence-corrected chi connectivity index (χ4v) is 1.11. The number of nitrogens with two attached hydrogens (primary N) is 1. The van der Waals surface area contributed by atoms with Crippen LogP contribution in [0.5, 0.6) is 5.88 Å². The van der Waals surface area contributed by atoms with Gasteiger partial charge in [-0.1, -0.05) is 0 Å². The summed E-state index contributed by atoms with van der Waals surface area (Å²) in [5.41, 5.74) is 6.19. The van der Waals surface area contributed by atoms with Gasteiger partial charge in [-0.2, -0.15) is 0 Å². The van der Waals surface area contributed by atoms with Gasteiger partial charge in [-0.05, 0) is 0 Å². The first kappa shape index (κ1) is 7.42. The molecule has 1 aromatic heterocycles. The molecule has 0 aliphatic carbocycles. The zero-order valence-electron chi connectivity index (χ0n) is 6.86. The van der Waals surface area contributed by atoms with Crippen LogP contribution in [0.25, 0.3) is 0 Å². The van der Waals surface area contributed by atoms with Crippen molar-refractivity contribution in [3.05, 3.63) is 6.20 Å². The van der Waals surface area contributed by atoms with Gasteiger partial charge in [0.15, 0.2) is 0 Å². The van der Waals surface area contributed by atoms with Gasteiger partial charge in [0.25, 0.3) is 5.88 Å². The van der Waals surface area contributed by atoms with Gasteiger partial charge in [-0.25, -0.2) is 0 Å². The van der Waals surface area contributed by atoms with E-state index >= 15 is 0 Å². The van der Waals surface area contributed by atoms with Crippen LogP contribution in [-0.4, -0.2) is 30.1 Å². The monoisotopic (exact) mass is 169 g/mol. The molecule has 1 aromatic rings. The van der Waals surface area contributed by atoms with Crippen molar-refractivity contribution in [2.24, 2.45) is 0 Å². The molecule has 2 heterocycles. The van der Waals surface area contributed by atoms with E-state index in [1.807, 2.05) is 0 Å². The first-order chi connectivity index (χ1) is 5.81. The molecule has 1 fully saturated rings. The Morgan fingerprint density at radius 1 is 1.75 bits per heavy atom. The van der Waals surface area contributed by atoms with Crippen LogP contribution in [0.3, 0.4) is 0 Å². The number of ether oxygens (including phenoxy) is 2. The van der Waals surface area contributed by atoms with Crippen molar-refractivity contribution in [2.45, 2.75) is 6.04 Å². The molecule has 1 aliphatic rings. The molecular weight excluding hydrogens is 158 g/mol. The molecule has 12 heavy (non-hydrogen) atoms. The van der Waals surface area contributed by atoms with Crippen LogP contribution in [-0.2, 0) is 4.74 Å². The number of methoxy groups -OCH3 is 1. The van der Waals surface area contributed by atoms with E-state index < -0.39 is 0 Å². The van der Waals surface area contributed by atoms with Gasteiger partial charge in [0.05, 0.1) is 32.6 Å². The second-order valence-corrected chi connectivity index (χ2v) is 2.77. The highest BCUT2D eigenvalue weighted by Crippen LogP contribution is 2.23. The molecule has 0 radical (unpaired) electrons. The highest BCUT2D eigenvalue weighted by atomic mass is 16.5. The van der Waals surface area contributed by atoms with Crippen LogP contribution < -0.4 is 10.5 Å². The number of hydrogen-bond donors (Lipinski definition) is 1. The summed E-state index contributed by atoms with van der Waals surface area (Å²) >= 11 is 0. The van der Waals surface area contributed by atoms with Crippen molar-refractivity contribution in [3.8, 4) is 5.88 Å². The van der Waals surface area contributed by atoms with Crippen LogP contribution >= 0.6 is 0 Å². The van der Waals surface area contributed by atoms with Gasteiger partial charge < -0.3 is 15.2 Å². The van der Waals surface area contributed by atoms with E-state index in [9.17, 15) is 0 Å². The lowest BCUT2D eigenvalue weighted by Gasteiger charge is -2.25. The second-order valence-electron chi connectivity index (χ2n) is 2.77. The zero-order chi connectivity index (χ0) is 8.55. The molecule has 0 unspecified atom stereocenters. The van der Waals surface area contributed by atoms with Gasteiger partial charge in [-0.3, -0.25) is 4.68 Å². The van der Waals surface area contributed by atoms with Crippen LogP contribution in [0.1, 0.15) is 6.04 Å². The molecule has 0 atom stereocenters. The van der Waals surface area contributed by atoms with Gasteiger partial charge >= 0.3 is 0 Å². The standard InChI is InChI=1S/C7H11N3O2/c1-11-7-6(8)2-10(9-7)5-3-12-4-5/h2,5H,3-4,8H2,1H3. The summed E-state index contributed by atoms with van der Waals surface area (Å²) in [6.45, 7) is 1.43. The van der Waals surface area contributed by atoms with E-state index in [0.717, 1.165) is 0 Å². The Balaban J connectivity index is 2.21. The molecular formula is C7H11N3O2. The molecule has 0 spiro atoms. The molecule has 5 nitrogen and oxygen atoms in total. The molecule has 0 saturated carbocycles. The predicted octanol–water partition coefficient (Wildman–Crippen LogP) is 0.0452. The normalized spacial score (nSPS) is 17.4. The SMILES string of the molecule is COc1nn(C2COC2)cc1N. The fourth-order valence-electron chi connectivity index (χ4n) is 1.11. The molecule has 1 aliphatic heterocycles. The van der Waals surface area contributed by atoms with Crippen LogP contribution in [0.4, 0.5) is 5.69 Å². The van der Waals surface area contributed by atoms with Crippen LogP contribution in [0.15, 0.2) is 6.20 Å². The maximum atomic E-state index is 5.62. The smallest absolute Gasteiger partial charge is 0.256 e. The average Bonchev–Trinajstić information content (AvgIpc) is 2.27. The molecule has 66 valence electrons. The van der Waals surface area contributed by atoms with E-state index in [2.05, 4.69) is 5.10 Å². The maximum absolute atomic E-state index is 5.62. The Hall–Kier alpha value is -1.23. The lowest BCUT2D eigenvalue weighted by molar-refractivity contribution is -0.0289. The van der Waals surface area contributed by atoms with Crippen LogP contribution in [0, 0.1) is 0 Å². The lowest BCUT2D eigenvalue weighted by atomic mass is 10.3. The van der Waals surface area contributed by atoms with Gasteiger partial charge in [0.2, 0.25) is 0 Å². The number of rotatable bonds is 2. The minimum atomic E-state index is 0.330. The second kappa shape index (κ2) is 2.67. The third-order valence-corrected chi connectivity index (χ3v) is 1.91. The van der Waals surface area contributed by atoms with Crippen molar-refractivity contribution in [3.63, 3.8) is 0 Å². The van der Waals surface area contributed by atoms with Crippen molar-refractivity contribution >= 4 is 5.69 Å². The Morgan fingerprint density at radius 3 is 2.92 bits per heavy atom. The summed E-state index contributed by atoms with van der Waals surface area (Å²) in [6.07, 6.45) is 1.77. The average molecular weight is 169 g/mol. The van der Waals surface area contributed by atoms with E-state index in [4.69, 9.17) is 15.2 Å². The highest BCUT2D eigenvalue weighted by molar-refractivity contribution is 5.45. The van der Waals surface area contributed by atoms with Gasteiger partial charge in [0, 0.05) is 0 Å². The summed E-state index contributed by atoms with van der Waals surface area (Å²) in [5, 5.41) is 4.14. The Morgan fingerprint density at radius 2 is 2.50 bits per heavy atom. The fraction of sp³-hybridized carbons (Fsp3) is 0.571. The largest absolute Gasteiger partial charge is 0.478 e. The Labute approximate surface area is 70.1 Å². The molecule has 2 N–H and O–H groups in total. The molecule has 0 bridgehead atoms. The summed E-state index contributed by atoms with van der Waals surface area (Å²) < 4.78 is 11.8. The van der Waals surface area contributed by atoms with Gasteiger partial charge in [0.1, 0.15) is 5.69 Å². The minimum Gasteiger partial charge on any atom is -0.478 e. The quantitative estimate of drug-likeness (QED) is 0.679. The molecule has 0 aromatic carbocycles. The summed E-state index contributed by atoms with van der Waals surface area (Å²) in [6, 6.07) is 0.330. The Kier molecular flexibility index (Phi) is 1.65. The van der Waals surface area contributed by atoms with Gasteiger partial charge in [-0.15, -0.1) is 5.10 Å². The first-order valence-electron chi connectivity index (χ1n) is 3.77. The predicted molar refractivity (Wildman–Crippen MR) is 43.0 cm³/mol. The number of anilines is 1. The number of nitrogens with zero attached hydrogens (tertiary/aromatic N) is 2. The number of aromatic nitrogens is 2. The van der Waals surface area contributed by atoms with E-state index in [0.29, 0.717) is 30.8 Å². The van der Waals surface area contributed by atoms with Crippen LogP contribution in [0.2, 0.25) is 0 Å². The van der Waals surface area contributed by atoms with E-state index in [1.165, 1.54) is 0 Å². The molecule has 5 heteroatoms. The minimum absolute atomic E-state index is 0.330. The highest BCUT2D eigenvalue weighted by Gasteiger charge is 2.22. The van der Waals surface area contributed by atoms with E-state index in [1.54, 1.807) is 18.0 Å². The Bertz CT molecular complexity index is 280.